The third kappa shape index (κ3) is 3.63. The van der Waals surface area contributed by atoms with Crippen molar-refractivity contribution < 1.29 is 18.5 Å². The van der Waals surface area contributed by atoms with Crippen LogP contribution in [0, 0.1) is 5.82 Å². The molecule has 0 radical (unpaired) electrons. The number of hydrogen-bond acceptors (Lipinski definition) is 3. The molecule has 0 aromatic heterocycles. The second kappa shape index (κ2) is 7.43. The summed E-state index contributed by atoms with van der Waals surface area (Å²) in [4.78, 5) is 26.8. The van der Waals surface area contributed by atoms with Crippen LogP contribution in [-0.4, -0.2) is 25.9 Å². The van der Waals surface area contributed by atoms with Crippen LogP contribution in [0.25, 0.3) is 11.1 Å². The Labute approximate surface area is 179 Å². The Morgan fingerprint density at radius 3 is 1.73 bits per heavy atom. The Balaban J connectivity index is 2.53. The lowest BCUT2D eigenvalue weighted by atomic mass is 9.72. The largest absolute Gasteiger partial charge is 0.314 e. The molecule has 0 spiro atoms. The lowest BCUT2D eigenvalue weighted by Gasteiger charge is -2.31. The molecular weight excluding hydrogens is 397 g/mol. The molecule has 160 valence electrons. The summed E-state index contributed by atoms with van der Waals surface area (Å²) in [6, 6.07) is 9.26. The van der Waals surface area contributed by atoms with Crippen LogP contribution in [0.5, 0.6) is 0 Å². The number of imide groups is 1. The van der Waals surface area contributed by atoms with E-state index in [0.717, 1.165) is 5.06 Å². The lowest BCUT2D eigenvalue weighted by molar-refractivity contribution is -0.0155. The average Bonchev–Trinajstić information content (AvgIpc) is 2.84. The van der Waals surface area contributed by atoms with E-state index < -0.39 is 37.5 Å². The van der Waals surface area contributed by atoms with Gasteiger partial charge in [-0.3, -0.25) is 9.59 Å². The predicted octanol–water partition coefficient (Wildman–Crippen LogP) is 5.60. The zero-order valence-electron chi connectivity index (χ0n) is 19.0. The minimum Gasteiger partial charge on any atom is -0.314 e. The van der Waals surface area contributed by atoms with E-state index in [2.05, 4.69) is 0 Å². The third-order valence-corrected chi connectivity index (χ3v) is 5.75. The molecule has 1 aliphatic heterocycles. The second-order valence-electron chi connectivity index (χ2n) is 10.1. The van der Waals surface area contributed by atoms with E-state index in [9.17, 15) is 9.59 Å². The van der Waals surface area contributed by atoms with Crippen LogP contribution in [-0.2, 0) is 15.4 Å². The minimum absolute atomic E-state index is 0.131. The molecule has 1 heterocycles. The van der Waals surface area contributed by atoms with Crippen LogP contribution in [0.3, 0.4) is 0 Å². The number of halogens is 1. The van der Waals surface area contributed by atoms with Gasteiger partial charge in [0.1, 0.15) is 5.82 Å². The molecule has 0 saturated carbocycles. The summed E-state index contributed by atoms with van der Waals surface area (Å²) in [6.45, 7) is 15.1. The molecular formula is C24H30FNO3Si. The predicted molar refractivity (Wildman–Crippen MR) is 120 cm³/mol. The zero-order valence-corrected chi connectivity index (χ0v) is 20.2. The molecule has 0 saturated heterocycles. The normalized spacial score (nSPS) is 14.7. The number of carbonyl (C=O) groups is 2. The summed E-state index contributed by atoms with van der Waals surface area (Å²) in [5.41, 5.74) is 1.03. The van der Waals surface area contributed by atoms with Gasteiger partial charge in [0.2, 0.25) is 9.04 Å². The van der Waals surface area contributed by atoms with Gasteiger partial charge in [-0.1, -0.05) is 71.9 Å². The molecule has 0 N–H and O–H groups in total. The molecule has 30 heavy (non-hydrogen) atoms. The van der Waals surface area contributed by atoms with Gasteiger partial charge in [0, 0.05) is 16.7 Å². The molecule has 2 amide bonds. The van der Waals surface area contributed by atoms with Crippen molar-refractivity contribution in [3.8, 4) is 11.1 Å². The SMILES string of the molecule is C[SiH](C)ON1C(=O)c2c(c(C(C)(C)C)c(F)c(C(C)(C)C)c2-c2ccccc2)C1=O. The van der Waals surface area contributed by atoms with E-state index in [1.807, 2.05) is 85.0 Å². The van der Waals surface area contributed by atoms with Gasteiger partial charge in [0.05, 0.1) is 11.1 Å². The maximum absolute atomic E-state index is 16.2. The smallest absolute Gasteiger partial charge is 0.285 e. The van der Waals surface area contributed by atoms with Crippen molar-refractivity contribution in [2.24, 2.45) is 0 Å². The van der Waals surface area contributed by atoms with Crippen LogP contribution in [0.4, 0.5) is 4.39 Å². The minimum atomic E-state index is -1.75. The summed E-state index contributed by atoms with van der Waals surface area (Å²) in [5.74, 6) is -1.50. The topological polar surface area (TPSA) is 46.6 Å². The number of hydrogen-bond donors (Lipinski definition) is 0. The zero-order chi connectivity index (χ0) is 22.6. The molecule has 3 rings (SSSR count). The van der Waals surface area contributed by atoms with Gasteiger partial charge < -0.3 is 4.53 Å². The van der Waals surface area contributed by atoms with Crippen molar-refractivity contribution in [1.29, 1.82) is 0 Å². The number of nitrogens with zero attached hydrogens (tertiary/aromatic N) is 1. The monoisotopic (exact) mass is 427 g/mol. The van der Waals surface area contributed by atoms with Gasteiger partial charge in [-0.2, -0.15) is 5.06 Å². The van der Waals surface area contributed by atoms with Crippen LogP contribution in [0.2, 0.25) is 13.1 Å². The molecule has 0 unspecified atom stereocenters. The molecule has 2 aromatic rings. The van der Waals surface area contributed by atoms with Crippen LogP contribution in [0.15, 0.2) is 30.3 Å². The van der Waals surface area contributed by atoms with Crippen LogP contribution >= 0.6 is 0 Å². The second-order valence-corrected chi connectivity index (χ2v) is 12.4. The summed E-state index contributed by atoms with van der Waals surface area (Å²) in [7, 11) is -1.75. The summed E-state index contributed by atoms with van der Waals surface area (Å²) in [6.07, 6.45) is 0. The fourth-order valence-electron chi connectivity index (χ4n) is 4.05. The Morgan fingerprint density at radius 2 is 1.27 bits per heavy atom. The Morgan fingerprint density at radius 1 is 0.800 bits per heavy atom. The van der Waals surface area contributed by atoms with Gasteiger partial charge in [-0.25, -0.2) is 4.39 Å². The molecule has 0 atom stereocenters. The fourth-order valence-corrected chi connectivity index (χ4v) is 4.66. The highest BCUT2D eigenvalue weighted by atomic mass is 28.3. The Bertz CT molecular complexity index is 1020. The van der Waals surface area contributed by atoms with Gasteiger partial charge in [0.25, 0.3) is 11.8 Å². The quantitative estimate of drug-likeness (QED) is 0.473. The number of fused-ring (bicyclic) bond motifs is 1. The lowest BCUT2D eigenvalue weighted by Crippen LogP contribution is -2.34. The first-order chi connectivity index (χ1) is 13.8. The number of amides is 2. The van der Waals surface area contributed by atoms with E-state index >= 15 is 4.39 Å². The fraction of sp³-hybridized carbons (Fsp3) is 0.417. The van der Waals surface area contributed by atoms with Gasteiger partial charge >= 0.3 is 0 Å². The summed E-state index contributed by atoms with van der Waals surface area (Å²) >= 11 is 0. The number of carbonyl (C=O) groups excluding carboxylic acids is 2. The van der Waals surface area contributed by atoms with Crippen molar-refractivity contribution in [2.75, 3.05) is 0 Å². The van der Waals surface area contributed by atoms with E-state index in [1.54, 1.807) is 0 Å². The van der Waals surface area contributed by atoms with Gasteiger partial charge in [-0.05, 0) is 29.5 Å². The molecule has 0 aliphatic carbocycles. The van der Waals surface area contributed by atoms with Crippen molar-refractivity contribution in [1.82, 2.24) is 5.06 Å². The summed E-state index contributed by atoms with van der Waals surface area (Å²) < 4.78 is 21.9. The number of hydroxylamine groups is 2. The van der Waals surface area contributed by atoms with Gasteiger partial charge in [-0.15, -0.1) is 0 Å². The standard InChI is InChI=1S/C24H30FNO3Si/c1-23(2,3)18-15(14-12-10-9-11-13-14)16-17(19(20(18)25)24(4,5)6)22(28)26(21(16)27)29-30(7)8/h9-13,30H,1-8H3. The molecule has 0 bridgehead atoms. The van der Waals surface area contributed by atoms with Gasteiger partial charge in [0.15, 0.2) is 0 Å². The van der Waals surface area contributed by atoms with Crippen molar-refractivity contribution in [3.05, 3.63) is 58.4 Å². The first-order valence-corrected chi connectivity index (χ1v) is 13.1. The highest BCUT2D eigenvalue weighted by Gasteiger charge is 2.47. The van der Waals surface area contributed by atoms with E-state index in [4.69, 9.17) is 4.53 Å². The van der Waals surface area contributed by atoms with Crippen LogP contribution < -0.4 is 0 Å². The summed E-state index contributed by atoms with van der Waals surface area (Å²) in [5, 5.41) is 0.856. The van der Waals surface area contributed by atoms with Crippen molar-refractivity contribution in [3.63, 3.8) is 0 Å². The highest BCUT2D eigenvalue weighted by molar-refractivity contribution is 6.49. The van der Waals surface area contributed by atoms with Crippen molar-refractivity contribution in [2.45, 2.75) is 65.5 Å². The maximum Gasteiger partial charge on any atom is 0.285 e. The molecule has 4 nitrogen and oxygen atoms in total. The molecule has 6 heteroatoms. The number of rotatable bonds is 3. The van der Waals surface area contributed by atoms with E-state index in [0.29, 0.717) is 16.7 Å². The van der Waals surface area contributed by atoms with Crippen LogP contribution in [0.1, 0.15) is 73.4 Å². The Hall–Kier alpha value is -2.31. The number of benzene rings is 2. The van der Waals surface area contributed by atoms with Crippen molar-refractivity contribution >= 4 is 20.9 Å². The maximum atomic E-state index is 16.2. The van der Waals surface area contributed by atoms with E-state index in [-0.39, 0.29) is 16.7 Å². The average molecular weight is 428 g/mol. The third-order valence-electron chi connectivity index (χ3n) is 5.11. The highest BCUT2D eigenvalue weighted by Crippen LogP contribution is 2.47. The Kier molecular flexibility index (Phi) is 5.54. The molecule has 0 fully saturated rings. The molecule has 1 aliphatic rings. The molecule has 2 aromatic carbocycles. The first-order valence-electron chi connectivity index (χ1n) is 10.3. The van der Waals surface area contributed by atoms with E-state index in [1.165, 1.54) is 0 Å². The first kappa shape index (κ1) is 22.4.